The Balaban J connectivity index is 2.63. The highest BCUT2D eigenvalue weighted by atomic mass is 16.1. The molecule has 0 atom stereocenters. The largest absolute Gasteiger partial charge is 0.397 e. The minimum Gasteiger partial charge on any atom is -0.397 e. The second kappa shape index (κ2) is 6.67. The Morgan fingerprint density at radius 1 is 1.47 bits per heavy atom. The van der Waals surface area contributed by atoms with Crippen molar-refractivity contribution in [3.8, 4) is 0 Å². The van der Waals surface area contributed by atoms with Crippen LogP contribution >= 0.6 is 0 Å². The van der Waals surface area contributed by atoms with E-state index in [9.17, 15) is 4.79 Å². The second-order valence-electron chi connectivity index (χ2n) is 4.77. The van der Waals surface area contributed by atoms with Crippen molar-refractivity contribution >= 4 is 17.6 Å². The number of aliphatic imine (C=N–C) groups is 1. The number of nitrogens with zero attached hydrogens (tertiary/aromatic N) is 2. The van der Waals surface area contributed by atoms with Crippen molar-refractivity contribution in [1.82, 2.24) is 9.88 Å². The molecule has 0 spiro atoms. The fourth-order valence-electron chi connectivity index (χ4n) is 1.71. The molecule has 106 valence electrons. The van der Waals surface area contributed by atoms with E-state index in [0.717, 1.165) is 6.54 Å². The molecule has 7 nitrogen and oxygen atoms in total. The zero-order valence-corrected chi connectivity index (χ0v) is 11.4. The first-order valence-corrected chi connectivity index (χ1v) is 6.19. The van der Waals surface area contributed by atoms with Crippen LogP contribution in [0.1, 0.15) is 24.3 Å². The lowest BCUT2D eigenvalue weighted by Gasteiger charge is -2.11. The summed E-state index contributed by atoms with van der Waals surface area (Å²) in [5.41, 5.74) is 17.3. The average Bonchev–Trinajstić information content (AvgIpc) is 2.64. The van der Waals surface area contributed by atoms with Crippen LogP contribution in [0.15, 0.2) is 17.3 Å². The summed E-state index contributed by atoms with van der Waals surface area (Å²) in [4.78, 5) is 15.8. The van der Waals surface area contributed by atoms with Crippen LogP contribution in [0.5, 0.6) is 0 Å². The van der Waals surface area contributed by atoms with E-state index in [4.69, 9.17) is 17.2 Å². The summed E-state index contributed by atoms with van der Waals surface area (Å²) < 4.78 is 1.86. The lowest BCUT2D eigenvalue weighted by molar-refractivity contribution is 0.0945. The maximum Gasteiger partial charge on any atom is 0.268 e. The van der Waals surface area contributed by atoms with Crippen molar-refractivity contribution in [1.29, 1.82) is 0 Å². The highest BCUT2D eigenvalue weighted by Gasteiger charge is 2.13. The van der Waals surface area contributed by atoms with Crippen molar-refractivity contribution in [2.24, 2.45) is 22.4 Å². The first kappa shape index (κ1) is 14.9. The molecule has 1 amide bonds. The molecule has 19 heavy (non-hydrogen) atoms. The summed E-state index contributed by atoms with van der Waals surface area (Å²) in [6.45, 7) is 5.64. The van der Waals surface area contributed by atoms with Crippen molar-refractivity contribution < 1.29 is 4.79 Å². The van der Waals surface area contributed by atoms with Crippen LogP contribution in [0.2, 0.25) is 0 Å². The number of carbonyl (C=O) groups excluding carboxylic acids is 1. The highest BCUT2D eigenvalue weighted by molar-refractivity contribution is 5.93. The third kappa shape index (κ3) is 4.90. The minimum absolute atomic E-state index is 0.0154. The number of guanidine groups is 1. The maximum absolute atomic E-state index is 12.0. The molecule has 0 aliphatic carbocycles. The predicted molar refractivity (Wildman–Crippen MR) is 76.7 cm³/mol. The molecule has 1 rings (SSSR count). The summed E-state index contributed by atoms with van der Waals surface area (Å²) in [6, 6.07) is 1.66. The van der Waals surface area contributed by atoms with Crippen LogP contribution in [0.3, 0.4) is 0 Å². The Kier molecular flexibility index (Phi) is 5.23. The van der Waals surface area contributed by atoms with E-state index in [2.05, 4.69) is 24.2 Å². The fraction of sp³-hybridized carbons (Fsp3) is 0.500. The molecule has 7 N–H and O–H groups in total. The van der Waals surface area contributed by atoms with Gasteiger partial charge in [-0.2, -0.15) is 0 Å². The number of amides is 1. The smallest absolute Gasteiger partial charge is 0.268 e. The number of nitrogens with one attached hydrogen (secondary N) is 1. The number of anilines is 1. The quantitative estimate of drug-likeness (QED) is 0.321. The van der Waals surface area contributed by atoms with Gasteiger partial charge in [0.2, 0.25) is 0 Å². The summed E-state index contributed by atoms with van der Waals surface area (Å²) in [6.07, 6.45) is 1.77. The molecule has 0 saturated carbocycles. The van der Waals surface area contributed by atoms with Gasteiger partial charge in [-0.05, 0) is 12.0 Å². The summed E-state index contributed by atoms with van der Waals surface area (Å²) >= 11 is 0. The summed E-state index contributed by atoms with van der Waals surface area (Å²) in [5.74, 6) is 0.268. The average molecular weight is 266 g/mol. The molecule has 0 bridgehead atoms. The second-order valence-corrected chi connectivity index (χ2v) is 4.77. The van der Waals surface area contributed by atoms with Crippen LogP contribution in [0.25, 0.3) is 0 Å². The number of aromatic nitrogens is 1. The molecule has 0 saturated heterocycles. The molecule has 0 radical (unpaired) electrons. The van der Waals surface area contributed by atoms with Crippen LogP contribution in [-0.4, -0.2) is 29.5 Å². The standard InChI is InChI=1S/C12H22N6O/c1-8(2)6-18-7-9(13)5-10(18)11(19)16-3-4-17-12(14)15/h5,7-8H,3-4,6,13H2,1-2H3,(H,16,19)(H4,14,15,17). The van der Waals surface area contributed by atoms with E-state index in [1.807, 2.05) is 4.57 Å². The lowest BCUT2D eigenvalue weighted by atomic mass is 10.2. The molecule has 1 aromatic rings. The minimum atomic E-state index is -0.178. The molecule has 0 unspecified atom stereocenters. The van der Waals surface area contributed by atoms with Gasteiger partial charge in [0.1, 0.15) is 5.69 Å². The normalized spacial score (nSPS) is 10.5. The van der Waals surface area contributed by atoms with Gasteiger partial charge >= 0.3 is 0 Å². The molecule has 0 aromatic carbocycles. The van der Waals surface area contributed by atoms with Gasteiger partial charge in [-0.25, -0.2) is 0 Å². The maximum atomic E-state index is 12.0. The Labute approximate surface area is 112 Å². The van der Waals surface area contributed by atoms with E-state index >= 15 is 0 Å². The van der Waals surface area contributed by atoms with E-state index in [1.165, 1.54) is 0 Å². The van der Waals surface area contributed by atoms with E-state index < -0.39 is 0 Å². The molecular formula is C12H22N6O. The zero-order valence-electron chi connectivity index (χ0n) is 11.4. The molecule has 7 heteroatoms. The number of hydrogen-bond donors (Lipinski definition) is 4. The van der Waals surface area contributed by atoms with Crippen molar-refractivity contribution in [2.45, 2.75) is 20.4 Å². The topological polar surface area (TPSA) is 124 Å². The molecular weight excluding hydrogens is 244 g/mol. The Morgan fingerprint density at radius 3 is 2.74 bits per heavy atom. The predicted octanol–water partition coefficient (Wildman–Crippen LogP) is -0.270. The van der Waals surface area contributed by atoms with E-state index in [1.54, 1.807) is 12.3 Å². The molecule has 0 aliphatic rings. The van der Waals surface area contributed by atoms with Gasteiger partial charge in [0.05, 0.1) is 12.2 Å². The van der Waals surface area contributed by atoms with Gasteiger partial charge < -0.3 is 27.1 Å². The SMILES string of the molecule is CC(C)Cn1cc(N)cc1C(=O)NCCN=C(N)N. The highest BCUT2D eigenvalue weighted by Crippen LogP contribution is 2.12. The number of carbonyl (C=O) groups is 1. The van der Waals surface area contributed by atoms with E-state index in [0.29, 0.717) is 30.4 Å². The van der Waals surface area contributed by atoms with Gasteiger partial charge in [0.15, 0.2) is 5.96 Å². The van der Waals surface area contributed by atoms with Gasteiger partial charge in [-0.1, -0.05) is 13.8 Å². The molecule has 1 aromatic heterocycles. The van der Waals surface area contributed by atoms with Crippen molar-refractivity contribution in [2.75, 3.05) is 18.8 Å². The lowest BCUT2D eigenvalue weighted by Crippen LogP contribution is -2.30. The first-order chi connectivity index (χ1) is 8.90. The molecule has 0 aliphatic heterocycles. The third-order valence-electron chi connectivity index (χ3n) is 2.40. The van der Waals surface area contributed by atoms with Gasteiger partial charge in [0.25, 0.3) is 5.91 Å². The fourth-order valence-corrected chi connectivity index (χ4v) is 1.71. The number of nitrogens with two attached hydrogens (primary N) is 3. The van der Waals surface area contributed by atoms with Crippen molar-refractivity contribution in [3.63, 3.8) is 0 Å². The van der Waals surface area contributed by atoms with Gasteiger partial charge in [-0.3, -0.25) is 9.79 Å². The van der Waals surface area contributed by atoms with Crippen LogP contribution in [-0.2, 0) is 6.54 Å². The Hall–Kier alpha value is -2.18. The monoisotopic (exact) mass is 266 g/mol. The molecule has 1 heterocycles. The van der Waals surface area contributed by atoms with Crippen LogP contribution in [0, 0.1) is 5.92 Å². The van der Waals surface area contributed by atoms with Gasteiger partial charge in [0, 0.05) is 19.3 Å². The first-order valence-electron chi connectivity index (χ1n) is 6.19. The number of hydrogen-bond acceptors (Lipinski definition) is 3. The van der Waals surface area contributed by atoms with Crippen LogP contribution < -0.4 is 22.5 Å². The summed E-state index contributed by atoms with van der Waals surface area (Å²) in [5, 5.41) is 2.75. The van der Waals surface area contributed by atoms with E-state index in [-0.39, 0.29) is 11.9 Å². The van der Waals surface area contributed by atoms with Crippen molar-refractivity contribution in [3.05, 3.63) is 18.0 Å². The Morgan fingerprint density at radius 2 is 2.16 bits per heavy atom. The molecule has 0 fully saturated rings. The van der Waals surface area contributed by atoms with Crippen LogP contribution in [0.4, 0.5) is 5.69 Å². The zero-order chi connectivity index (χ0) is 14.4. The third-order valence-corrected chi connectivity index (χ3v) is 2.40. The number of rotatable bonds is 6. The van der Waals surface area contributed by atoms with Gasteiger partial charge in [-0.15, -0.1) is 0 Å². The summed E-state index contributed by atoms with van der Waals surface area (Å²) in [7, 11) is 0. The number of nitrogen functional groups attached to an aromatic ring is 1. The Bertz CT molecular complexity index is 459.